The van der Waals surface area contributed by atoms with Crippen molar-refractivity contribution in [2.75, 3.05) is 64.4 Å². The van der Waals surface area contributed by atoms with Crippen molar-refractivity contribution in [1.82, 2.24) is 9.80 Å². The van der Waals surface area contributed by atoms with Crippen LogP contribution in [0.3, 0.4) is 0 Å². The average Bonchev–Trinajstić information content (AvgIpc) is 3.74. The van der Waals surface area contributed by atoms with Crippen molar-refractivity contribution in [2.45, 2.75) is 78.1 Å². The van der Waals surface area contributed by atoms with E-state index in [1.54, 1.807) is 0 Å². The van der Waals surface area contributed by atoms with Crippen LogP contribution in [0.5, 0.6) is 5.75 Å². The molecule has 1 unspecified atom stereocenters. The zero-order chi connectivity index (χ0) is 33.4. The van der Waals surface area contributed by atoms with Gasteiger partial charge in [-0.3, -0.25) is 4.90 Å². The Morgan fingerprint density at radius 1 is 0.891 bits per heavy atom. The highest BCUT2D eigenvalue weighted by Crippen LogP contribution is 2.44. The quantitative estimate of drug-likeness (QED) is 0.156. The number of ether oxygens (including phenoxy) is 1. The van der Waals surface area contributed by atoms with Gasteiger partial charge in [0.15, 0.2) is 0 Å². The van der Waals surface area contributed by atoms with Crippen LogP contribution in [0.2, 0.25) is 0 Å². The third-order valence-corrected chi connectivity index (χ3v) is 9.74. The number of carbonyl (C=O) groups is 1. The minimum Gasteiger partial charge on any atom is -0.492 e. The molecule has 2 heterocycles. The number of aldehydes is 1. The molecule has 2 aliphatic heterocycles. The first kappa shape index (κ1) is 35.7. The van der Waals surface area contributed by atoms with Crippen molar-refractivity contribution in [1.29, 1.82) is 0 Å². The molecule has 1 atom stereocenters. The lowest BCUT2D eigenvalue weighted by atomic mass is 9.71. The van der Waals surface area contributed by atoms with Gasteiger partial charge in [-0.05, 0) is 97.6 Å². The lowest BCUT2D eigenvalue weighted by Crippen LogP contribution is -2.35. The number of hydrogen-bond acceptors (Lipinski definition) is 5. The molecule has 0 aliphatic carbocycles. The number of nitrogens with zero attached hydrogens (tertiary/aromatic N) is 3. The maximum atomic E-state index is 14.0. The minimum atomic E-state index is -1.09. The molecule has 0 saturated carbocycles. The number of rotatable bonds is 14. The van der Waals surface area contributed by atoms with Gasteiger partial charge in [-0.15, -0.1) is 0 Å². The molecule has 2 aliphatic rings. The number of benzene rings is 2. The average molecular weight is 626 g/mol. The predicted octanol–water partition coefficient (Wildman–Crippen LogP) is 8.19. The summed E-state index contributed by atoms with van der Waals surface area (Å²) in [4.78, 5) is 21.3. The molecule has 5 nitrogen and oxygen atoms in total. The van der Waals surface area contributed by atoms with Crippen LogP contribution < -0.4 is 9.64 Å². The maximum absolute atomic E-state index is 14.0. The zero-order valence-electron chi connectivity index (χ0n) is 29.8. The van der Waals surface area contributed by atoms with Crippen LogP contribution in [0.15, 0.2) is 78.9 Å². The van der Waals surface area contributed by atoms with Crippen LogP contribution in [-0.2, 0) is 15.6 Å². The molecule has 2 aromatic carbocycles. The second-order valence-corrected chi connectivity index (χ2v) is 15.3. The summed E-state index contributed by atoms with van der Waals surface area (Å²) in [5, 5.41) is 0. The summed E-state index contributed by atoms with van der Waals surface area (Å²) in [5.41, 5.74) is 3.87. The van der Waals surface area contributed by atoms with Crippen LogP contribution in [0.25, 0.3) is 0 Å². The first-order valence-electron chi connectivity index (χ1n) is 17.4. The Hall–Kier alpha value is -3.15. The van der Waals surface area contributed by atoms with Gasteiger partial charge < -0.3 is 19.3 Å². The molecule has 0 radical (unpaired) electrons. The van der Waals surface area contributed by atoms with E-state index in [4.69, 9.17) is 4.74 Å². The fraction of sp³-hybridized carbons (Fsp3) is 0.537. The highest BCUT2D eigenvalue weighted by atomic mass is 16.5. The smallest absolute Gasteiger partial charge is 0.139 e. The topological polar surface area (TPSA) is 36.0 Å². The van der Waals surface area contributed by atoms with Gasteiger partial charge in [0.1, 0.15) is 18.6 Å². The lowest BCUT2D eigenvalue weighted by molar-refractivity contribution is -0.110. The summed E-state index contributed by atoms with van der Waals surface area (Å²) in [7, 11) is 2.16. The zero-order valence-corrected chi connectivity index (χ0v) is 29.8. The molecular weight excluding hydrogens is 566 g/mol. The Morgan fingerprint density at radius 2 is 1.52 bits per heavy atom. The second kappa shape index (κ2) is 15.6. The van der Waals surface area contributed by atoms with E-state index in [0.29, 0.717) is 6.61 Å². The highest BCUT2D eigenvalue weighted by molar-refractivity contribution is 5.84. The van der Waals surface area contributed by atoms with Crippen molar-refractivity contribution in [3.63, 3.8) is 0 Å². The van der Waals surface area contributed by atoms with E-state index < -0.39 is 5.41 Å². The van der Waals surface area contributed by atoms with Gasteiger partial charge in [-0.25, -0.2) is 0 Å². The van der Waals surface area contributed by atoms with E-state index in [1.807, 2.05) is 6.08 Å². The van der Waals surface area contributed by atoms with Crippen LogP contribution in [0, 0.1) is 5.41 Å². The number of likely N-dealkylation sites (tertiary alicyclic amines) is 2. The predicted molar refractivity (Wildman–Crippen MR) is 195 cm³/mol. The number of hydrogen-bond donors (Lipinski definition) is 0. The van der Waals surface area contributed by atoms with Crippen LogP contribution in [0.1, 0.15) is 83.9 Å². The van der Waals surface area contributed by atoms with E-state index in [0.717, 1.165) is 67.1 Å². The number of allylic oxidation sites excluding steroid dienone is 5. The third kappa shape index (κ3) is 8.80. The minimum absolute atomic E-state index is 0.105. The van der Waals surface area contributed by atoms with E-state index in [9.17, 15) is 4.79 Å². The summed E-state index contributed by atoms with van der Waals surface area (Å²) in [5.74, 6) is 0.767. The van der Waals surface area contributed by atoms with Crippen LogP contribution in [-0.4, -0.2) is 75.6 Å². The third-order valence-electron chi connectivity index (χ3n) is 9.74. The van der Waals surface area contributed by atoms with Gasteiger partial charge in [-0.1, -0.05) is 96.7 Å². The normalized spacial score (nSPS) is 18.2. The summed E-state index contributed by atoms with van der Waals surface area (Å²) < 4.78 is 6.65. The van der Waals surface area contributed by atoms with E-state index in [2.05, 4.69) is 131 Å². The molecule has 0 amide bonds. The number of para-hydroxylation sites is 1. The fourth-order valence-electron chi connectivity index (χ4n) is 6.71. The summed E-state index contributed by atoms with van der Waals surface area (Å²) >= 11 is 0. The summed E-state index contributed by atoms with van der Waals surface area (Å²) in [6.07, 6.45) is 14.3. The highest BCUT2D eigenvalue weighted by Gasteiger charge is 2.38. The van der Waals surface area contributed by atoms with Crippen molar-refractivity contribution < 1.29 is 9.53 Å². The maximum Gasteiger partial charge on any atom is 0.139 e. The van der Waals surface area contributed by atoms with Gasteiger partial charge in [0, 0.05) is 37.9 Å². The molecule has 0 N–H and O–H groups in total. The fourth-order valence-corrected chi connectivity index (χ4v) is 6.71. The molecule has 2 fully saturated rings. The Balaban J connectivity index is 1.89. The van der Waals surface area contributed by atoms with Crippen molar-refractivity contribution in [2.24, 2.45) is 5.41 Å². The molecule has 250 valence electrons. The molecule has 0 bridgehead atoms. The summed E-state index contributed by atoms with van der Waals surface area (Å²) in [6.45, 7) is 25.2. The number of anilines is 1. The largest absolute Gasteiger partial charge is 0.492 e. The number of likely N-dealkylation sites (N-methyl/N-ethyl adjacent to an activating group) is 1. The van der Waals surface area contributed by atoms with Crippen molar-refractivity contribution >= 4 is 12.0 Å². The van der Waals surface area contributed by atoms with Crippen LogP contribution in [0.4, 0.5) is 5.69 Å². The van der Waals surface area contributed by atoms with Crippen molar-refractivity contribution in [3.8, 4) is 5.75 Å². The van der Waals surface area contributed by atoms with Gasteiger partial charge in [0.2, 0.25) is 0 Å². The Labute approximate surface area is 280 Å². The Bertz CT molecular complexity index is 1370. The van der Waals surface area contributed by atoms with Gasteiger partial charge in [-0.2, -0.15) is 0 Å². The van der Waals surface area contributed by atoms with Gasteiger partial charge in [0.25, 0.3) is 0 Å². The first-order chi connectivity index (χ1) is 21.9. The monoisotopic (exact) mass is 625 g/mol. The molecule has 0 aromatic heterocycles. The van der Waals surface area contributed by atoms with E-state index in [-0.39, 0.29) is 10.8 Å². The van der Waals surface area contributed by atoms with Gasteiger partial charge in [0.05, 0.1) is 5.41 Å². The molecular formula is C41H59N3O2. The van der Waals surface area contributed by atoms with Gasteiger partial charge >= 0.3 is 0 Å². The molecule has 46 heavy (non-hydrogen) atoms. The van der Waals surface area contributed by atoms with E-state index >= 15 is 0 Å². The first-order valence-corrected chi connectivity index (χ1v) is 17.4. The molecule has 2 saturated heterocycles. The molecule has 5 heteroatoms. The number of carbonyl (C=O) groups excluding carboxylic acids is 1. The molecule has 0 spiro atoms. The molecule has 2 aromatic rings. The van der Waals surface area contributed by atoms with E-state index in [1.165, 1.54) is 44.3 Å². The SMILES string of the molecule is C=C/C=C(\C=C\C(C=O)(c1cc(C(C)(C)C)ccc1OCCN1CCCC1)c1ccccc1N(C)CCN1CCCC1)C(C)(C)C. The second-order valence-electron chi connectivity index (χ2n) is 15.3. The summed E-state index contributed by atoms with van der Waals surface area (Å²) in [6, 6.07) is 14.9. The Morgan fingerprint density at radius 3 is 2.11 bits per heavy atom. The van der Waals surface area contributed by atoms with Crippen LogP contribution >= 0.6 is 0 Å². The Kier molecular flexibility index (Phi) is 12.1. The van der Waals surface area contributed by atoms with Crippen molar-refractivity contribution in [3.05, 3.63) is 95.6 Å². The lowest BCUT2D eigenvalue weighted by Gasteiger charge is -2.35. The molecule has 4 rings (SSSR count). The standard InChI is InChI=1S/C41H59N3O2/c1-9-16-33(39(2,3)4)21-22-41(32-45,35-17-10-11-18-37(35)42(8)27-28-43-23-12-13-24-43)36-31-34(40(5,6)7)19-20-38(36)46-30-29-44-25-14-15-26-44/h9-11,16-22,31-32H,1,12-15,23-30H2,2-8H3/b22-21+,33-16+.